The van der Waals surface area contributed by atoms with Gasteiger partial charge in [-0.05, 0) is 341 Å². The lowest BCUT2D eigenvalue weighted by Crippen LogP contribution is -2.56. The Kier molecular flexibility index (Phi) is 23.0. The van der Waals surface area contributed by atoms with Gasteiger partial charge in [-0.25, -0.2) is 15.0 Å². The number of aromatic nitrogens is 3. The summed E-state index contributed by atoms with van der Waals surface area (Å²) in [7, 11) is 4.57. The van der Waals surface area contributed by atoms with E-state index >= 15 is 0 Å². The molecule has 19 heterocycles. The lowest BCUT2D eigenvalue weighted by atomic mass is 9.82. The molecule has 0 N–H and O–H groups in total. The summed E-state index contributed by atoms with van der Waals surface area (Å²) in [6.07, 6.45) is 28.2. The molecule has 18 nitrogen and oxygen atoms in total. The van der Waals surface area contributed by atoms with Crippen molar-refractivity contribution in [1.82, 2.24) is 24.8 Å². The van der Waals surface area contributed by atoms with Crippen LogP contribution in [0, 0.1) is 58.8 Å². The standard InChI is InChI=1S/C26H26N2O.C25H24N2O.C22H26N2O.2C20H22N2O.C19H20N2O/c1-16-12-13-21-20-10-6-7-11-24(20)29-26(21)25(16)28-17(2)27(3)22-14-15-23(28)19-9-5-4-8-18(19)22;1-16-11-12-21-20-8-4-6-10-23(20)28-25(21)24(16)27-17(2)26-14-13-19(27)15-18-7-3-5-9-22(18)26;1-14-8-13-19-18-6-4-5-7-20(18)25-22(19)21(14)24-15(2)23(3)16-9-11-17(24)12-10-16;1-12-6-7-15-16-5-4-10-21-19(16)23-18(15)17(12)22-13(2)20(3)9-8-14(22)11-20;1-12-6-7-15-16-5-4-10-21-19(16)23-18(15)17(12)22-13(2)14-8-9-20(22,3)11-14;1-11-5-8-15-16-4-3-9-20-19(16)22-18(15)17(11)21-12(2)13-6-7-14(21)10-13/h4-13,17,22-23H,14-15H2,1-3H3;3-12,17,19H,13-15H2,1-2H3;4-8,13,15-17H,9-12H2,1-3H3;2*4-7,10,13-14H,8-9,11H2,1-3H3;3-5,8-9,12-14H,6-7,10H2,1-2H3/t17-,22?,23?;17-,19?;15-,16?,17?;2*13-,14?,20?;12-,13?,14?/m000000/s1. The van der Waals surface area contributed by atoms with Crippen LogP contribution in [0.2, 0.25) is 0 Å². The van der Waals surface area contributed by atoms with Crippen molar-refractivity contribution in [2.45, 2.75) is 291 Å². The van der Waals surface area contributed by atoms with Crippen LogP contribution in [0.3, 0.4) is 0 Å². The fourth-order valence-corrected chi connectivity index (χ4v) is 31.0. The Balaban J connectivity index is 0.0000000887. The molecule has 7 saturated heterocycles. The molecule has 4 saturated carbocycles. The highest BCUT2D eigenvalue weighted by Crippen LogP contribution is 2.60. The van der Waals surface area contributed by atoms with Crippen LogP contribution >= 0.6 is 0 Å². The molecule has 35 rings (SSSR count). The minimum Gasteiger partial charge on any atom is -0.454 e. The Labute approximate surface area is 879 Å². The zero-order chi connectivity index (χ0) is 102. The fraction of sp³-hybridized carbons (Fsp3) is 0.386. The Morgan fingerprint density at radius 1 is 0.300 bits per heavy atom. The Morgan fingerprint density at radius 2 is 0.713 bits per heavy atom. The molecule has 11 aromatic carbocycles. The number of rotatable bonds is 6. The highest BCUT2D eigenvalue weighted by atomic mass is 16.4. The van der Waals surface area contributed by atoms with Crippen LogP contribution in [-0.4, -0.2) is 118 Å². The molecular formula is C132H140N12O6. The first-order valence-electron chi connectivity index (χ1n) is 56.0. The molecule has 5 aliphatic carbocycles. The van der Waals surface area contributed by atoms with E-state index in [0.717, 1.165) is 114 Å². The summed E-state index contributed by atoms with van der Waals surface area (Å²) in [5.74, 6) is 1.67. The minimum atomic E-state index is 0.273. The molecular weight excluding hydrogens is 1850 g/mol. The Hall–Kier alpha value is -13.8. The van der Waals surface area contributed by atoms with Crippen molar-refractivity contribution in [1.29, 1.82) is 0 Å². The predicted molar refractivity (Wildman–Crippen MR) is 617 cm³/mol. The molecule has 11 fully saturated rings. The summed E-state index contributed by atoms with van der Waals surface area (Å²) in [6.45, 7) is 33.5. The van der Waals surface area contributed by atoms with Crippen molar-refractivity contribution in [3.63, 3.8) is 0 Å². The molecule has 10 aliphatic heterocycles. The van der Waals surface area contributed by atoms with Gasteiger partial charge in [-0.2, -0.15) is 0 Å². The highest BCUT2D eigenvalue weighted by molar-refractivity contribution is 6.15. The van der Waals surface area contributed by atoms with Gasteiger partial charge in [-0.3, -0.25) is 9.80 Å². The first-order valence-corrected chi connectivity index (χ1v) is 56.0. The number of pyridine rings is 3. The van der Waals surface area contributed by atoms with Crippen LogP contribution in [0.1, 0.15) is 220 Å². The topological polar surface area (TPSA) is 147 Å². The van der Waals surface area contributed by atoms with Gasteiger partial charge in [0.25, 0.3) is 0 Å². The highest BCUT2D eigenvalue weighted by Gasteiger charge is 2.55. The zero-order valence-electron chi connectivity index (χ0n) is 89.9. The molecule has 764 valence electrons. The minimum absolute atomic E-state index is 0.273. The number of hydrogen-bond acceptors (Lipinski definition) is 18. The number of benzene rings is 11. The fourth-order valence-electron chi connectivity index (χ4n) is 31.0. The second kappa shape index (κ2) is 36.5. The average Bonchev–Trinajstić information content (AvgIpc) is 1.53. The SMILES string of the molecule is Cc1ccc2c(oc3ccccc32)c1N1C2CCC(CC2)N(C)[C@@H]1C.Cc1ccc2c(oc3ccccc32)c1N1C2CCC(c3ccccc32)N(C)[C@@H]1C.Cc1ccc2c(oc3ccccc32)c1N1C2CCN(c3ccccc3C2)[C@@H]1C.Cc1ccc2c(oc3ncccc32)c1N1C2CCC(C)(C2)[C@@H]1C.Cc1ccc2c(oc3ncccc32)c1N1C2CCC(C2)[C@@H]1C.Cc1ccc2c(oc3ncccc32)c1N1[C@@H](C)C2CCC1(C)C2. The molecule has 18 heteroatoms. The number of fused-ring (bicyclic) bond motifs is 33. The van der Waals surface area contributed by atoms with E-state index < -0.39 is 0 Å². The molecule has 12 bridgehead atoms. The number of aryl methyl sites for hydroxylation is 6. The van der Waals surface area contributed by atoms with Crippen molar-refractivity contribution >= 4 is 172 Å². The quantitative estimate of drug-likeness (QED) is 0.155. The van der Waals surface area contributed by atoms with Crippen LogP contribution in [0.25, 0.3) is 132 Å². The third kappa shape index (κ3) is 14.9. The number of anilines is 7. The average molecular weight is 1990 g/mol. The third-order valence-electron chi connectivity index (χ3n) is 39.0. The summed E-state index contributed by atoms with van der Waals surface area (Å²) in [5.41, 5.74) is 33.4. The van der Waals surface area contributed by atoms with E-state index in [1.54, 1.807) is 18.6 Å². The van der Waals surface area contributed by atoms with Crippen LogP contribution < -0.4 is 34.3 Å². The van der Waals surface area contributed by atoms with Crippen molar-refractivity contribution in [3.05, 3.63) is 299 Å². The number of furan rings is 6. The predicted octanol–water partition coefficient (Wildman–Crippen LogP) is 32.5. The lowest BCUT2D eigenvalue weighted by Gasteiger charge is -2.47. The van der Waals surface area contributed by atoms with Crippen LogP contribution in [-0.2, 0) is 6.42 Å². The van der Waals surface area contributed by atoms with Crippen molar-refractivity contribution in [2.75, 3.05) is 54.9 Å². The summed E-state index contributed by atoms with van der Waals surface area (Å²) < 4.78 is 37.9. The van der Waals surface area contributed by atoms with Gasteiger partial charge in [0.05, 0.1) is 58.7 Å². The summed E-state index contributed by atoms with van der Waals surface area (Å²) >= 11 is 0. The first kappa shape index (κ1) is 94.6. The summed E-state index contributed by atoms with van der Waals surface area (Å²) in [6, 6.07) is 87.9. The summed E-state index contributed by atoms with van der Waals surface area (Å²) in [4.78, 5) is 36.8. The molecule has 15 aliphatic rings. The van der Waals surface area contributed by atoms with E-state index in [0.29, 0.717) is 72.1 Å². The Morgan fingerprint density at radius 3 is 1.21 bits per heavy atom. The monoisotopic (exact) mass is 1990 g/mol. The largest absolute Gasteiger partial charge is 0.454 e. The maximum absolute atomic E-state index is 6.48. The molecule has 0 radical (unpaired) electrons. The van der Waals surface area contributed by atoms with Crippen LogP contribution in [0.15, 0.2) is 276 Å². The molecule has 9 aromatic heterocycles. The molecule has 9 unspecified atom stereocenters. The maximum Gasteiger partial charge on any atom is 0.227 e. The van der Waals surface area contributed by atoms with E-state index in [4.69, 9.17) is 26.5 Å². The Bertz CT molecular complexity index is 8690. The number of piperidine rings is 3. The third-order valence-corrected chi connectivity index (χ3v) is 39.0. The van der Waals surface area contributed by atoms with E-state index in [2.05, 4.69) is 382 Å². The van der Waals surface area contributed by atoms with Crippen molar-refractivity contribution < 1.29 is 26.5 Å². The maximum atomic E-state index is 6.48. The van der Waals surface area contributed by atoms with Gasteiger partial charge >= 0.3 is 0 Å². The number of para-hydroxylation sites is 4. The lowest BCUT2D eigenvalue weighted by molar-refractivity contribution is 0.184. The molecule has 15 atom stereocenters. The van der Waals surface area contributed by atoms with Gasteiger partial charge in [0.1, 0.15) is 16.7 Å². The van der Waals surface area contributed by atoms with Crippen LogP contribution in [0.5, 0.6) is 0 Å². The van der Waals surface area contributed by atoms with Gasteiger partial charge < -0.3 is 60.8 Å². The van der Waals surface area contributed by atoms with Gasteiger partial charge in [0.15, 0.2) is 33.5 Å². The summed E-state index contributed by atoms with van der Waals surface area (Å²) in [5, 5.41) is 14.2. The molecule has 150 heavy (non-hydrogen) atoms. The van der Waals surface area contributed by atoms with Crippen LogP contribution in [0.4, 0.5) is 39.8 Å². The smallest absolute Gasteiger partial charge is 0.227 e. The second-order valence-corrected chi connectivity index (χ2v) is 47.1. The number of nitrogens with zero attached hydrogens (tertiary/aromatic N) is 12. The van der Waals surface area contributed by atoms with Gasteiger partial charge in [-0.15, -0.1) is 0 Å². The van der Waals surface area contributed by atoms with E-state index in [1.807, 2.05) is 18.2 Å². The van der Waals surface area contributed by atoms with E-state index in [9.17, 15) is 0 Å². The second-order valence-electron chi connectivity index (χ2n) is 47.1. The van der Waals surface area contributed by atoms with E-state index in [-0.39, 0.29) is 11.7 Å². The van der Waals surface area contributed by atoms with Gasteiger partial charge in [0, 0.05) is 155 Å². The normalized spacial score (nSPS) is 26.4. The molecule has 0 amide bonds. The van der Waals surface area contributed by atoms with Crippen molar-refractivity contribution in [3.8, 4) is 0 Å². The zero-order valence-corrected chi connectivity index (χ0v) is 89.9. The molecule has 0 spiro atoms. The van der Waals surface area contributed by atoms with E-state index in [1.165, 1.54) is 241 Å². The van der Waals surface area contributed by atoms with Gasteiger partial charge in [-0.1, -0.05) is 177 Å². The van der Waals surface area contributed by atoms with Crippen molar-refractivity contribution in [2.24, 2.45) is 17.3 Å². The first-order chi connectivity index (χ1) is 72.9. The van der Waals surface area contributed by atoms with Gasteiger partial charge in [0.2, 0.25) is 17.1 Å². The molecule has 20 aromatic rings. The number of hydrogen-bond donors (Lipinski definition) is 0.